The van der Waals surface area contributed by atoms with Crippen molar-refractivity contribution in [1.82, 2.24) is 10.6 Å². The molecule has 0 aromatic heterocycles. The van der Waals surface area contributed by atoms with Crippen molar-refractivity contribution < 1.29 is 14.3 Å². The molecule has 2 unspecified atom stereocenters. The van der Waals surface area contributed by atoms with Gasteiger partial charge < -0.3 is 21.1 Å². The minimum absolute atomic E-state index is 0. The zero-order valence-electron chi connectivity index (χ0n) is 16.3. The number of para-hydroxylation sites is 1. The molecule has 0 aliphatic rings. The molecule has 152 valence electrons. The van der Waals surface area contributed by atoms with Gasteiger partial charge in [0.15, 0.2) is 0 Å². The van der Waals surface area contributed by atoms with Crippen LogP contribution in [0, 0.1) is 5.92 Å². The normalized spacial score (nSPS) is 12.5. The van der Waals surface area contributed by atoms with E-state index < -0.39 is 6.04 Å². The Morgan fingerprint density at radius 1 is 1.04 bits per heavy atom. The second-order valence-electron chi connectivity index (χ2n) is 6.66. The molecule has 0 saturated carbocycles. The molecule has 0 heterocycles. The maximum atomic E-state index is 12.6. The first-order chi connectivity index (χ1) is 12.9. The third-order valence-corrected chi connectivity index (χ3v) is 4.31. The van der Waals surface area contributed by atoms with Gasteiger partial charge in [0.2, 0.25) is 5.91 Å². The molecule has 0 aliphatic carbocycles. The van der Waals surface area contributed by atoms with Gasteiger partial charge in [0.05, 0.1) is 12.7 Å². The Morgan fingerprint density at radius 2 is 1.64 bits per heavy atom. The predicted octanol–water partition coefficient (Wildman–Crippen LogP) is 2.69. The standard InChI is InChI=1S/C21H27N3O3.ClH/c1-14(2)19(24-20(25)16-11-7-8-12-18(16)27-3)21(26)23-13-17(22)15-9-5-4-6-10-15;/h4-12,14,17,19H,13,22H2,1-3H3,(H,23,26)(H,24,25);1H. The fourth-order valence-electron chi connectivity index (χ4n) is 2.72. The van der Waals surface area contributed by atoms with E-state index in [1.54, 1.807) is 24.3 Å². The van der Waals surface area contributed by atoms with Crippen LogP contribution < -0.4 is 21.1 Å². The number of hydrogen-bond acceptors (Lipinski definition) is 4. The Hall–Kier alpha value is -2.57. The molecule has 0 fully saturated rings. The van der Waals surface area contributed by atoms with Crippen molar-refractivity contribution in [2.45, 2.75) is 25.9 Å². The number of methoxy groups -OCH3 is 1. The Labute approximate surface area is 172 Å². The van der Waals surface area contributed by atoms with E-state index in [0.717, 1.165) is 5.56 Å². The van der Waals surface area contributed by atoms with Crippen LogP contribution in [0.4, 0.5) is 0 Å². The van der Waals surface area contributed by atoms with Gasteiger partial charge in [0, 0.05) is 12.6 Å². The summed E-state index contributed by atoms with van der Waals surface area (Å²) >= 11 is 0. The molecule has 0 saturated heterocycles. The van der Waals surface area contributed by atoms with Crippen LogP contribution in [0.1, 0.15) is 35.8 Å². The van der Waals surface area contributed by atoms with Crippen molar-refractivity contribution in [3.05, 3.63) is 65.7 Å². The summed E-state index contributed by atoms with van der Waals surface area (Å²) in [6.45, 7) is 4.05. The number of nitrogens with one attached hydrogen (secondary N) is 2. The van der Waals surface area contributed by atoms with Crippen LogP contribution in [0.15, 0.2) is 54.6 Å². The van der Waals surface area contributed by atoms with E-state index in [9.17, 15) is 9.59 Å². The molecule has 0 radical (unpaired) electrons. The van der Waals surface area contributed by atoms with Crippen molar-refractivity contribution >= 4 is 24.2 Å². The lowest BCUT2D eigenvalue weighted by atomic mass is 10.0. The number of benzene rings is 2. The molecule has 2 amide bonds. The molecule has 2 rings (SSSR count). The van der Waals surface area contributed by atoms with Crippen molar-refractivity contribution in [3.63, 3.8) is 0 Å². The number of nitrogens with two attached hydrogens (primary N) is 1. The highest BCUT2D eigenvalue weighted by molar-refractivity contribution is 5.99. The van der Waals surface area contributed by atoms with Crippen LogP contribution in [-0.4, -0.2) is 31.5 Å². The molecule has 2 aromatic carbocycles. The molecular weight excluding hydrogens is 378 g/mol. The van der Waals surface area contributed by atoms with E-state index in [1.807, 2.05) is 44.2 Å². The second kappa shape index (κ2) is 11.3. The SMILES string of the molecule is COc1ccccc1C(=O)NC(C(=O)NCC(N)c1ccccc1)C(C)C.Cl. The molecule has 2 aromatic rings. The summed E-state index contributed by atoms with van der Waals surface area (Å²) in [5.74, 6) is -0.242. The van der Waals surface area contributed by atoms with Gasteiger partial charge in [-0.25, -0.2) is 0 Å². The minimum atomic E-state index is -0.676. The first kappa shape index (κ1) is 23.5. The molecule has 4 N–H and O–H groups in total. The quantitative estimate of drug-likeness (QED) is 0.629. The van der Waals surface area contributed by atoms with Gasteiger partial charge >= 0.3 is 0 Å². The van der Waals surface area contributed by atoms with Gasteiger partial charge in [-0.2, -0.15) is 0 Å². The molecule has 0 bridgehead atoms. The average Bonchev–Trinajstić information content (AvgIpc) is 2.70. The second-order valence-corrected chi connectivity index (χ2v) is 6.66. The van der Waals surface area contributed by atoms with Crippen molar-refractivity contribution in [3.8, 4) is 5.75 Å². The molecular formula is C21H28ClN3O3. The van der Waals surface area contributed by atoms with Crippen molar-refractivity contribution in [2.75, 3.05) is 13.7 Å². The third-order valence-electron chi connectivity index (χ3n) is 4.31. The van der Waals surface area contributed by atoms with E-state index in [4.69, 9.17) is 10.5 Å². The summed E-state index contributed by atoms with van der Waals surface area (Å²) in [5.41, 5.74) is 7.46. The van der Waals surface area contributed by atoms with Gasteiger partial charge in [-0.3, -0.25) is 9.59 Å². The number of hydrogen-bond donors (Lipinski definition) is 3. The van der Waals surface area contributed by atoms with Crippen molar-refractivity contribution in [1.29, 1.82) is 0 Å². The van der Waals surface area contributed by atoms with Crippen LogP contribution in [0.5, 0.6) is 5.75 Å². The third kappa shape index (κ3) is 6.25. The summed E-state index contributed by atoms with van der Waals surface area (Å²) in [6, 6.07) is 15.5. The zero-order valence-corrected chi connectivity index (χ0v) is 17.2. The fraction of sp³-hybridized carbons (Fsp3) is 0.333. The summed E-state index contributed by atoms with van der Waals surface area (Å²) in [5, 5.41) is 5.64. The number of ether oxygens (including phenoxy) is 1. The van der Waals surface area contributed by atoms with Crippen molar-refractivity contribution in [2.24, 2.45) is 11.7 Å². The van der Waals surface area contributed by atoms with Gasteiger partial charge in [0.25, 0.3) is 5.91 Å². The smallest absolute Gasteiger partial charge is 0.255 e. The monoisotopic (exact) mass is 405 g/mol. The van der Waals surface area contributed by atoms with Crippen LogP contribution in [0.25, 0.3) is 0 Å². The first-order valence-electron chi connectivity index (χ1n) is 8.96. The Morgan fingerprint density at radius 3 is 2.25 bits per heavy atom. The lowest BCUT2D eigenvalue weighted by Gasteiger charge is -2.23. The zero-order chi connectivity index (χ0) is 19.8. The molecule has 0 aliphatic heterocycles. The van der Waals surface area contributed by atoms with Crippen LogP contribution in [0.3, 0.4) is 0 Å². The lowest BCUT2D eigenvalue weighted by Crippen LogP contribution is -2.50. The molecule has 7 heteroatoms. The van der Waals surface area contributed by atoms with Gasteiger partial charge in [-0.05, 0) is 23.6 Å². The largest absolute Gasteiger partial charge is 0.496 e. The summed E-state index contributed by atoms with van der Waals surface area (Å²) in [4.78, 5) is 25.2. The minimum Gasteiger partial charge on any atom is -0.496 e. The Kier molecular flexibility index (Phi) is 9.48. The lowest BCUT2D eigenvalue weighted by molar-refractivity contribution is -0.124. The number of carbonyl (C=O) groups is 2. The molecule has 28 heavy (non-hydrogen) atoms. The van der Waals surface area contributed by atoms with Crippen LogP contribution in [-0.2, 0) is 4.79 Å². The molecule has 0 spiro atoms. The van der Waals surface area contributed by atoms with Gasteiger partial charge in [0.1, 0.15) is 11.8 Å². The summed E-state index contributed by atoms with van der Waals surface area (Å²) in [7, 11) is 1.50. The van der Waals surface area contributed by atoms with Gasteiger partial charge in [-0.1, -0.05) is 56.3 Å². The topological polar surface area (TPSA) is 93.4 Å². The first-order valence-corrected chi connectivity index (χ1v) is 8.96. The summed E-state index contributed by atoms with van der Waals surface area (Å²) in [6.07, 6.45) is 0. The van der Waals surface area contributed by atoms with Crippen LogP contribution in [0.2, 0.25) is 0 Å². The van der Waals surface area contributed by atoms with E-state index in [-0.39, 0.29) is 42.7 Å². The maximum absolute atomic E-state index is 12.6. The van der Waals surface area contributed by atoms with E-state index >= 15 is 0 Å². The number of carbonyl (C=O) groups excluding carboxylic acids is 2. The Bertz CT molecular complexity index is 769. The van der Waals surface area contributed by atoms with Gasteiger partial charge in [-0.15, -0.1) is 12.4 Å². The average molecular weight is 406 g/mol. The highest BCUT2D eigenvalue weighted by Crippen LogP contribution is 2.17. The number of rotatable bonds is 8. The van der Waals surface area contributed by atoms with E-state index in [1.165, 1.54) is 7.11 Å². The maximum Gasteiger partial charge on any atom is 0.255 e. The summed E-state index contributed by atoms with van der Waals surface area (Å²) < 4.78 is 5.22. The molecule has 6 nitrogen and oxygen atoms in total. The predicted molar refractivity (Wildman–Crippen MR) is 113 cm³/mol. The Balaban J connectivity index is 0.00000392. The van der Waals surface area contributed by atoms with E-state index in [2.05, 4.69) is 10.6 Å². The highest BCUT2D eigenvalue weighted by Gasteiger charge is 2.26. The number of halogens is 1. The van der Waals surface area contributed by atoms with E-state index in [0.29, 0.717) is 11.3 Å². The fourth-order valence-corrected chi connectivity index (χ4v) is 2.72. The highest BCUT2D eigenvalue weighted by atomic mass is 35.5. The number of amides is 2. The molecule has 2 atom stereocenters. The van der Waals surface area contributed by atoms with Crippen LogP contribution >= 0.6 is 12.4 Å².